The second-order valence-corrected chi connectivity index (χ2v) is 4.77. The summed E-state index contributed by atoms with van der Waals surface area (Å²) in [6, 6.07) is 4.08. The van der Waals surface area contributed by atoms with Crippen LogP contribution in [0.3, 0.4) is 0 Å². The first-order valence-corrected chi connectivity index (χ1v) is 5.31. The average Bonchev–Trinajstić information content (AvgIpc) is 2.80. The van der Waals surface area contributed by atoms with Crippen LogP contribution in [0.1, 0.15) is 25.3 Å². The quantitative estimate of drug-likeness (QED) is 0.820. The number of nitrogens with zero attached hydrogens (tertiary/aromatic N) is 1. The Labute approximate surface area is 90.7 Å². The highest BCUT2D eigenvalue weighted by Crippen LogP contribution is 2.63. The molecule has 0 saturated heterocycles. The van der Waals surface area contributed by atoms with Gasteiger partial charge in [-0.25, -0.2) is 4.98 Å². The molecule has 0 aromatic carbocycles. The molecule has 2 atom stereocenters. The van der Waals surface area contributed by atoms with Crippen LogP contribution in [-0.2, 0) is 0 Å². The SMILES string of the molecule is COc1cc([C@@H]2[C@@H](CN)C2(C)C)ccn1. The Morgan fingerprint density at radius 3 is 2.80 bits per heavy atom. The predicted octanol–water partition coefficient (Wildman–Crippen LogP) is 1.79. The van der Waals surface area contributed by atoms with Crippen LogP contribution in [0, 0.1) is 11.3 Å². The fourth-order valence-corrected chi connectivity index (χ4v) is 2.58. The zero-order valence-corrected chi connectivity index (χ0v) is 9.53. The van der Waals surface area contributed by atoms with E-state index in [1.165, 1.54) is 5.56 Å². The van der Waals surface area contributed by atoms with Gasteiger partial charge < -0.3 is 10.5 Å². The fraction of sp³-hybridized carbons (Fsp3) is 0.583. The van der Waals surface area contributed by atoms with Gasteiger partial charge in [0.2, 0.25) is 5.88 Å². The normalized spacial score (nSPS) is 27.5. The van der Waals surface area contributed by atoms with Crippen LogP contribution in [0.4, 0.5) is 0 Å². The molecule has 0 unspecified atom stereocenters. The van der Waals surface area contributed by atoms with Gasteiger partial charge in [0, 0.05) is 12.3 Å². The highest BCUT2D eigenvalue weighted by molar-refractivity contribution is 5.33. The molecule has 0 spiro atoms. The number of rotatable bonds is 3. The van der Waals surface area contributed by atoms with Gasteiger partial charge in [0.05, 0.1) is 7.11 Å². The molecule has 1 aliphatic carbocycles. The summed E-state index contributed by atoms with van der Waals surface area (Å²) < 4.78 is 5.13. The summed E-state index contributed by atoms with van der Waals surface area (Å²) in [5.74, 6) is 1.83. The van der Waals surface area contributed by atoms with Crippen LogP contribution in [0.15, 0.2) is 18.3 Å². The van der Waals surface area contributed by atoms with E-state index in [0.717, 1.165) is 6.54 Å². The Balaban J connectivity index is 2.24. The van der Waals surface area contributed by atoms with Gasteiger partial charge in [-0.3, -0.25) is 0 Å². The minimum absolute atomic E-state index is 0.321. The van der Waals surface area contributed by atoms with Crippen LogP contribution in [0.5, 0.6) is 5.88 Å². The maximum atomic E-state index is 5.76. The van der Waals surface area contributed by atoms with E-state index in [1.807, 2.05) is 6.07 Å². The summed E-state index contributed by atoms with van der Waals surface area (Å²) >= 11 is 0. The Morgan fingerprint density at radius 1 is 1.53 bits per heavy atom. The number of hydrogen-bond acceptors (Lipinski definition) is 3. The van der Waals surface area contributed by atoms with Gasteiger partial charge >= 0.3 is 0 Å². The zero-order chi connectivity index (χ0) is 11.1. The number of pyridine rings is 1. The first kappa shape index (κ1) is 10.4. The number of hydrogen-bond donors (Lipinski definition) is 1. The van der Waals surface area contributed by atoms with Crippen molar-refractivity contribution in [3.63, 3.8) is 0 Å². The van der Waals surface area contributed by atoms with Gasteiger partial charge in [-0.05, 0) is 35.4 Å². The van der Waals surface area contributed by atoms with Crippen LogP contribution in [-0.4, -0.2) is 18.6 Å². The first-order chi connectivity index (χ1) is 7.11. The topological polar surface area (TPSA) is 48.1 Å². The Kier molecular flexibility index (Phi) is 2.43. The van der Waals surface area contributed by atoms with Crippen molar-refractivity contribution in [3.05, 3.63) is 23.9 Å². The monoisotopic (exact) mass is 206 g/mol. The van der Waals surface area contributed by atoms with E-state index < -0.39 is 0 Å². The molecule has 1 aromatic heterocycles. The highest BCUT2D eigenvalue weighted by atomic mass is 16.5. The van der Waals surface area contributed by atoms with Crippen molar-refractivity contribution < 1.29 is 4.74 Å². The number of ether oxygens (including phenoxy) is 1. The Hall–Kier alpha value is -1.09. The Morgan fingerprint density at radius 2 is 2.27 bits per heavy atom. The second kappa shape index (κ2) is 3.49. The summed E-state index contributed by atoms with van der Waals surface area (Å²) in [6.07, 6.45) is 1.80. The first-order valence-electron chi connectivity index (χ1n) is 5.31. The van der Waals surface area contributed by atoms with E-state index in [2.05, 4.69) is 24.9 Å². The summed E-state index contributed by atoms with van der Waals surface area (Å²) in [5, 5.41) is 0. The lowest BCUT2D eigenvalue weighted by atomic mass is 10.0. The van der Waals surface area contributed by atoms with Crippen molar-refractivity contribution in [2.24, 2.45) is 17.1 Å². The maximum Gasteiger partial charge on any atom is 0.213 e. The molecular formula is C12H18N2O. The molecule has 3 nitrogen and oxygen atoms in total. The highest BCUT2D eigenvalue weighted by Gasteiger charge is 2.57. The van der Waals surface area contributed by atoms with E-state index >= 15 is 0 Å². The number of aromatic nitrogens is 1. The molecule has 0 amide bonds. The Bertz CT molecular complexity index is 362. The largest absolute Gasteiger partial charge is 0.481 e. The van der Waals surface area contributed by atoms with Crippen molar-refractivity contribution in [2.75, 3.05) is 13.7 Å². The van der Waals surface area contributed by atoms with Gasteiger partial charge in [0.25, 0.3) is 0 Å². The number of nitrogens with two attached hydrogens (primary N) is 1. The van der Waals surface area contributed by atoms with Crippen LogP contribution in [0.2, 0.25) is 0 Å². The van der Waals surface area contributed by atoms with Crippen molar-refractivity contribution in [2.45, 2.75) is 19.8 Å². The van der Waals surface area contributed by atoms with Gasteiger partial charge in [-0.1, -0.05) is 13.8 Å². The molecule has 2 rings (SSSR count). The molecule has 1 saturated carbocycles. The number of methoxy groups -OCH3 is 1. The molecule has 0 aliphatic heterocycles. The molecule has 82 valence electrons. The van der Waals surface area contributed by atoms with Gasteiger partial charge in [-0.15, -0.1) is 0 Å². The summed E-state index contributed by atoms with van der Waals surface area (Å²) in [5.41, 5.74) is 7.38. The third-order valence-corrected chi connectivity index (χ3v) is 3.63. The molecule has 1 aromatic rings. The smallest absolute Gasteiger partial charge is 0.213 e. The van der Waals surface area contributed by atoms with E-state index in [-0.39, 0.29) is 0 Å². The molecular weight excluding hydrogens is 188 g/mol. The van der Waals surface area contributed by atoms with Crippen LogP contribution >= 0.6 is 0 Å². The molecule has 2 N–H and O–H groups in total. The van der Waals surface area contributed by atoms with Gasteiger partial charge in [-0.2, -0.15) is 0 Å². The second-order valence-electron chi connectivity index (χ2n) is 4.77. The van der Waals surface area contributed by atoms with E-state index in [9.17, 15) is 0 Å². The van der Waals surface area contributed by atoms with Crippen molar-refractivity contribution in [3.8, 4) is 5.88 Å². The summed E-state index contributed by atoms with van der Waals surface area (Å²) in [7, 11) is 1.64. The van der Waals surface area contributed by atoms with Crippen LogP contribution in [0.25, 0.3) is 0 Å². The average molecular weight is 206 g/mol. The lowest BCUT2D eigenvalue weighted by molar-refractivity contribution is 0.397. The van der Waals surface area contributed by atoms with Crippen molar-refractivity contribution in [1.82, 2.24) is 4.98 Å². The molecule has 1 fully saturated rings. The minimum Gasteiger partial charge on any atom is -0.481 e. The summed E-state index contributed by atoms with van der Waals surface area (Å²) in [6.45, 7) is 5.28. The molecule has 3 heteroatoms. The van der Waals surface area contributed by atoms with Crippen LogP contribution < -0.4 is 10.5 Å². The fourth-order valence-electron chi connectivity index (χ4n) is 2.58. The molecule has 0 bridgehead atoms. The van der Waals surface area contributed by atoms with Crippen molar-refractivity contribution in [1.29, 1.82) is 0 Å². The molecule has 0 radical (unpaired) electrons. The molecule has 1 aliphatic rings. The summed E-state index contributed by atoms with van der Waals surface area (Å²) in [4.78, 5) is 4.11. The zero-order valence-electron chi connectivity index (χ0n) is 9.53. The van der Waals surface area contributed by atoms with E-state index in [4.69, 9.17) is 10.5 Å². The lowest BCUT2D eigenvalue weighted by Crippen LogP contribution is -2.05. The third-order valence-electron chi connectivity index (χ3n) is 3.63. The third kappa shape index (κ3) is 1.61. The molecule has 15 heavy (non-hydrogen) atoms. The van der Waals surface area contributed by atoms with E-state index in [1.54, 1.807) is 13.3 Å². The van der Waals surface area contributed by atoms with Gasteiger partial charge in [0.1, 0.15) is 0 Å². The van der Waals surface area contributed by atoms with Gasteiger partial charge in [0.15, 0.2) is 0 Å². The lowest BCUT2D eigenvalue weighted by Gasteiger charge is -2.04. The van der Waals surface area contributed by atoms with E-state index in [0.29, 0.717) is 23.1 Å². The van der Waals surface area contributed by atoms with Crippen molar-refractivity contribution >= 4 is 0 Å². The standard InChI is InChI=1S/C12H18N2O/c1-12(2)9(7-13)11(12)8-4-5-14-10(6-8)15-3/h4-6,9,11H,7,13H2,1-3H3/t9-,11-/m1/s1. The minimum atomic E-state index is 0.321. The maximum absolute atomic E-state index is 5.76. The molecule has 1 heterocycles. The predicted molar refractivity (Wildman–Crippen MR) is 59.9 cm³/mol.